The molecule has 0 N–H and O–H groups in total. The normalized spacial score (nSPS) is 20.0. The van der Waals surface area contributed by atoms with Gasteiger partial charge in [0.15, 0.2) is 0 Å². The molecular formula is C16H24ClN3O2. The minimum atomic E-state index is -0.457. The summed E-state index contributed by atoms with van der Waals surface area (Å²) in [7, 11) is 0. The molecule has 1 aromatic heterocycles. The van der Waals surface area contributed by atoms with Crippen LogP contribution in [0.2, 0.25) is 5.02 Å². The molecule has 0 aliphatic carbocycles. The molecule has 1 atom stereocenters. The van der Waals surface area contributed by atoms with Crippen molar-refractivity contribution >= 4 is 17.7 Å². The van der Waals surface area contributed by atoms with Crippen molar-refractivity contribution in [1.29, 1.82) is 0 Å². The number of halogens is 1. The lowest BCUT2D eigenvalue weighted by Crippen LogP contribution is -2.54. The Labute approximate surface area is 137 Å². The van der Waals surface area contributed by atoms with Crippen LogP contribution in [0, 0.1) is 0 Å². The molecule has 0 radical (unpaired) electrons. The molecule has 1 fully saturated rings. The minimum Gasteiger partial charge on any atom is -0.444 e. The van der Waals surface area contributed by atoms with Crippen molar-refractivity contribution in [1.82, 2.24) is 14.8 Å². The molecule has 6 heteroatoms. The summed E-state index contributed by atoms with van der Waals surface area (Å²) in [6.07, 6.45) is 1.43. The van der Waals surface area contributed by atoms with Gasteiger partial charge < -0.3 is 9.64 Å². The maximum absolute atomic E-state index is 12.2. The number of aromatic nitrogens is 1. The summed E-state index contributed by atoms with van der Waals surface area (Å²) in [4.78, 5) is 20.6. The Bertz CT molecular complexity index is 513. The highest BCUT2D eigenvalue weighted by Crippen LogP contribution is 2.17. The lowest BCUT2D eigenvalue weighted by Gasteiger charge is -2.40. The summed E-state index contributed by atoms with van der Waals surface area (Å²) in [6.45, 7) is 10.8. The number of nitrogens with zero attached hydrogens (tertiary/aromatic N) is 3. The van der Waals surface area contributed by atoms with Crippen LogP contribution < -0.4 is 0 Å². The zero-order valence-electron chi connectivity index (χ0n) is 13.7. The summed E-state index contributed by atoms with van der Waals surface area (Å²) in [5, 5.41) is 0.645. The average molecular weight is 326 g/mol. The maximum atomic E-state index is 12.2. The Morgan fingerprint density at radius 3 is 2.68 bits per heavy atom. The number of pyridine rings is 1. The highest BCUT2D eigenvalue weighted by atomic mass is 35.5. The van der Waals surface area contributed by atoms with E-state index >= 15 is 0 Å². The molecule has 1 aliphatic heterocycles. The number of carbonyl (C=O) groups is 1. The monoisotopic (exact) mass is 325 g/mol. The van der Waals surface area contributed by atoms with Gasteiger partial charge in [0.1, 0.15) is 5.60 Å². The Balaban J connectivity index is 1.89. The highest BCUT2D eigenvalue weighted by Gasteiger charge is 2.30. The summed E-state index contributed by atoms with van der Waals surface area (Å²) >= 11 is 5.85. The third kappa shape index (κ3) is 4.85. The van der Waals surface area contributed by atoms with Gasteiger partial charge in [-0.25, -0.2) is 4.79 Å². The van der Waals surface area contributed by atoms with Gasteiger partial charge in [-0.05, 0) is 39.8 Å². The van der Waals surface area contributed by atoms with Crippen molar-refractivity contribution in [2.75, 3.05) is 19.6 Å². The zero-order valence-corrected chi connectivity index (χ0v) is 14.4. The van der Waals surface area contributed by atoms with Gasteiger partial charge in [-0.15, -0.1) is 0 Å². The van der Waals surface area contributed by atoms with Crippen LogP contribution in [0.3, 0.4) is 0 Å². The van der Waals surface area contributed by atoms with E-state index in [0.717, 1.165) is 25.3 Å². The van der Waals surface area contributed by atoms with Crippen molar-refractivity contribution in [3.63, 3.8) is 0 Å². The predicted molar refractivity (Wildman–Crippen MR) is 86.9 cm³/mol. The third-order valence-corrected chi connectivity index (χ3v) is 3.74. The van der Waals surface area contributed by atoms with Gasteiger partial charge in [0.25, 0.3) is 0 Å². The summed E-state index contributed by atoms with van der Waals surface area (Å²) < 4.78 is 5.46. The van der Waals surface area contributed by atoms with E-state index in [0.29, 0.717) is 11.6 Å². The number of hydrogen-bond acceptors (Lipinski definition) is 4. The van der Waals surface area contributed by atoms with E-state index in [4.69, 9.17) is 16.3 Å². The first-order valence-corrected chi connectivity index (χ1v) is 7.95. The van der Waals surface area contributed by atoms with E-state index < -0.39 is 5.60 Å². The fourth-order valence-electron chi connectivity index (χ4n) is 2.50. The molecule has 122 valence electrons. The van der Waals surface area contributed by atoms with Crippen molar-refractivity contribution in [3.05, 3.63) is 29.0 Å². The smallest absolute Gasteiger partial charge is 0.410 e. The number of rotatable bonds is 2. The van der Waals surface area contributed by atoms with E-state index in [1.54, 1.807) is 11.1 Å². The van der Waals surface area contributed by atoms with Gasteiger partial charge >= 0.3 is 6.09 Å². The Morgan fingerprint density at radius 1 is 1.41 bits per heavy atom. The van der Waals surface area contributed by atoms with E-state index in [2.05, 4.69) is 9.88 Å². The van der Waals surface area contributed by atoms with Crippen LogP contribution in [0.25, 0.3) is 0 Å². The second kappa shape index (κ2) is 6.84. The molecular weight excluding hydrogens is 302 g/mol. The van der Waals surface area contributed by atoms with E-state index in [-0.39, 0.29) is 12.1 Å². The van der Waals surface area contributed by atoms with Crippen LogP contribution in [0.1, 0.15) is 33.4 Å². The van der Waals surface area contributed by atoms with Gasteiger partial charge in [-0.3, -0.25) is 9.88 Å². The topological polar surface area (TPSA) is 45.7 Å². The minimum absolute atomic E-state index is 0.121. The fraction of sp³-hybridized carbons (Fsp3) is 0.625. The van der Waals surface area contributed by atoms with Crippen molar-refractivity contribution in [3.8, 4) is 0 Å². The molecule has 22 heavy (non-hydrogen) atoms. The molecule has 1 amide bonds. The van der Waals surface area contributed by atoms with Crippen LogP contribution in [0.4, 0.5) is 4.79 Å². The summed E-state index contributed by atoms with van der Waals surface area (Å²) in [5.41, 5.74) is 0.531. The molecule has 5 nitrogen and oxygen atoms in total. The van der Waals surface area contributed by atoms with Gasteiger partial charge in [0.2, 0.25) is 0 Å². The van der Waals surface area contributed by atoms with Gasteiger partial charge in [-0.1, -0.05) is 11.6 Å². The third-order valence-electron chi connectivity index (χ3n) is 3.51. The number of piperazine rings is 1. The lowest BCUT2D eigenvalue weighted by molar-refractivity contribution is 0.000439. The SMILES string of the molecule is C[C@H]1CN(Cc2ccc(Cl)cn2)CCN1C(=O)OC(C)(C)C. The molecule has 0 bridgehead atoms. The number of hydrogen-bond donors (Lipinski definition) is 0. The molecule has 2 heterocycles. The van der Waals surface area contributed by atoms with E-state index in [1.165, 1.54) is 0 Å². The molecule has 1 aromatic rings. The largest absolute Gasteiger partial charge is 0.444 e. The quantitative estimate of drug-likeness (QED) is 0.838. The van der Waals surface area contributed by atoms with Crippen LogP contribution in [0.5, 0.6) is 0 Å². The summed E-state index contributed by atoms with van der Waals surface area (Å²) in [6, 6.07) is 3.91. The first-order chi connectivity index (χ1) is 10.2. The number of amides is 1. The van der Waals surface area contributed by atoms with Gasteiger partial charge in [-0.2, -0.15) is 0 Å². The van der Waals surface area contributed by atoms with Gasteiger partial charge in [0.05, 0.1) is 10.7 Å². The standard InChI is InChI=1S/C16H24ClN3O2/c1-12-10-19(11-14-6-5-13(17)9-18-14)7-8-20(12)15(21)22-16(2,3)4/h5-6,9,12H,7-8,10-11H2,1-4H3/t12-/m0/s1. The van der Waals surface area contributed by atoms with Crippen LogP contribution in [0.15, 0.2) is 18.3 Å². The lowest BCUT2D eigenvalue weighted by atomic mass is 10.2. The fourth-order valence-corrected chi connectivity index (χ4v) is 2.61. The maximum Gasteiger partial charge on any atom is 0.410 e. The van der Waals surface area contributed by atoms with E-state index in [1.807, 2.05) is 39.8 Å². The average Bonchev–Trinajstić information content (AvgIpc) is 2.39. The van der Waals surface area contributed by atoms with Crippen LogP contribution in [-0.2, 0) is 11.3 Å². The second-order valence-electron chi connectivity index (χ2n) is 6.73. The molecule has 0 saturated carbocycles. The predicted octanol–water partition coefficient (Wildman–Crippen LogP) is 3.18. The van der Waals surface area contributed by atoms with Crippen LogP contribution >= 0.6 is 11.6 Å². The molecule has 1 aliphatic rings. The second-order valence-corrected chi connectivity index (χ2v) is 7.16. The molecule has 2 rings (SSSR count). The Kier molecular flexibility index (Phi) is 5.29. The Morgan fingerprint density at radius 2 is 2.14 bits per heavy atom. The first-order valence-electron chi connectivity index (χ1n) is 7.57. The van der Waals surface area contributed by atoms with E-state index in [9.17, 15) is 4.79 Å². The Hall–Kier alpha value is -1.33. The molecule has 0 unspecified atom stereocenters. The summed E-state index contributed by atoms with van der Waals surface area (Å²) in [5.74, 6) is 0. The van der Waals surface area contributed by atoms with Crippen LogP contribution in [-0.4, -0.2) is 52.2 Å². The number of carbonyl (C=O) groups excluding carboxylic acids is 1. The molecule has 0 aromatic carbocycles. The van der Waals surface area contributed by atoms with Gasteiger partial charge in [0, 0.05) is 38.4 Å². The highest BCUT2D eigenvalue weighted by molar-refractivity contribution is 6.30. The molecule has 1 saturated heterocycles. The number of ether oxygens (including phenoxy) is 1. The van der Waals surface area contributed by atoms with Crippen molar-refractivity contribution in [2.24, 2.45) is 0 Å². The van der Waals surface area contributed by atoms with Crippen molar-refractivity contribution in [2.45, 2.75) is 45.9 Å². The van der Waals surface area contributed by atoms with Crippen molar-refractivity contribution < 1.29 is 9.53 Å². The molecule has 0 spiro atoms. The first kappa shape index (κ1) is 17.0. The zero-order chi connectivity index (χ0) is 16.3.